The molecule has 5 unspecified atom stereocenters. The zero-order chi connectivity index (χ0) is 84.7. The van der Waals surface area contributed by atoms with E-state index in [1.54, 1.807) is 36.0 Å². The standard InChI is InChI=1S/C84H96F2N6O28/c1-42-62(119-80(104)116-42)35-87-23-7-9-44-29-89(33-59(44)87)70-57(85)26-52-68(74(70)107-5)91(47-12-13-47)31-54(72(52)98)76(100)112-40-114-78(102)110-37-50(118-66(97)18-17-65(96)109-39-64(95)84(106)22-20-56-51-16-11-46-25-49(93)19-21-82(46,3)67(51)61(94)28-83(56,84)4)38-111-79(103)115-41-113-77(101)55-32-92(48-14-15-48)69-53(73(55)99)27-58(86)71(75(69)108-6)90-30-45-10-8-24-88(60(45)34-90)36-63-43(2)117-81(105)120-63/h25-27,31-32,44-45,47-48,50-51,56,59-61,67,94,106H,7-24,28-30,33-41H2,1-6H3/t44?,45?,50?,51-,56-,59?,60?,61-,67?,82-,83-,84-/m0/s1. The number of esters is 4. The zero-order valence-electron chi connectivity index (χ0n) is 67.4. The second-order valence-electron chi connectivity index (χ2n) is 34.0. The molecular formula is C84H96F2N6O28. The van der Waals surface area contributed by atoms with Gasteiger partial charge in [-0.1, -0.05) is 19.4 Å². The second-order valence-corrected chi connectivity index (χ2v) is 34.0. The van der Waals surface area contributed by atoms with Crippen LogP contribution in [0.3, 0.4) is 0 Å². The summed E-state index contributed by atoms with van der Waals surface area (Å²) in [5.74, 6) is -7.28. The molecule has 5 saturated carbocycles. The fraction of sp³-hybridized carbons (Fsp3) is 0.595. The molecule has 2 aromatic carbocycles. The number of likely N-dealkylation sites (tertiary alicyclic amines) is 2. The number of pyridine rings is 2. The van der Waals surface area contributed by atoms with Gasteiger partial charge in [0.05, 0.1) is 68.1 Å². The van der Waals surface area contributed by atoms with Crippen molar-refractivity contribution in [3.63, 3.8) is 0 Å². The lowest BCUT2D eigenvalue weighted by Gasteiger charge is -2.60. The first-order chi connectivity index (χ1) is 57.4. The number of carbonyl (C=O) groups excluding carboxylic acids is 8. The molecule has 11 atom stereocenters. The number of hydrogen-bond donors (Lipinski definition) is 2. The Morgan fingerprint density at radius 3 is 1.57 bits per heavy atom. The Morgan fingerprint density at radius 2 is 1.10 bits per heavy atom. The number of aromatic nitrogens is 2. The largest absolute Gasteiger partial charge is 0.519 e. The monoisotopic (exact) mass is 1670 g/mol. The molecule has 0 spiro atoms. The van der Waals surface area contributed by atoms with Gasteiger partial charge in [0.2, 0.25) is 30.2 Å². The van der Waals surface area contributed by atoms with Crippen LogP contribution in [0.15, 0.2) is 73.0 Å². The summed E-state index contributed by atoms with van der Waals surface area (Å²) in [4.78, 5) is 168. The number of aliphatic hydroxyl groups excluding tert-OH is 1. The molecule has 0 amide bonds. The first-order valence-electron chi connectivity index (χ1n) is 41.0. The summed E-state index contributed by atoms with van der Waals surface area (Å²) in [7, 11) is 2.71. The minimum Gasteiger partial charge on any atom is -0.492 e. The van der Waals surface area contributed by atoms with Gasteiger partial charge in [0, 0.05) is 74.6 Å². The molecule has 16 rings (SSSR count). The van der Waals surface area contributed by atoms with Crippen molar-refractivity contribution in [2.24, 2.45) is 40.4 Å². The van der Waals surface area contributed by atoms with Gasteiger partial charge in [0.25, 0.3) is 0 Å². The van der Waals surface area contributed by atoms with Crippen LogP contribution >= 0.6 is 0 Å². The van der Waals surface area contributed by atoms with Crippen LogP contribution in [0.4, 0.5) is 29.7 Å². The quantitative estimate of drug-likeness (QED) is 0.0277. The molecule has 34 nitrogen and oxygen atoms in total. The van der Waals surface area contributed by atoms with Crippen molar-refractivity contribution >= 4 is 80.9 Å². The van der Waals surface area contributed by atoms with Gasteiger partial charge in [-0.25, -0.2) is 37.5 Å². The highest BCUT2D eigenvalue weighted by atomic mass is 19.1. The Bertz CT molecular complexity index is 5150. The SMILES string of the molecule is COc1c(N2CC3CCCN(Cc4oc(=O)oc4C)C3C2)c(F)cc2c(=O)c(C(=O)OCOC(=O)OCC(COC(=O)OCOC(=O)c3cn(C4CC4)c4c(OC)c(N5CC6CCCN(Cc7oc(=O)oc7C)C6C5)c(F)cc4c3=O)OC(=O)CCC(=O)OCC(=O)[C@@]3(O)CC[C@H]4[C@@H]5CCC6=CC(=O)CC[C@]6(C)C5[C@@H](O)C[C@@]43C)cn(C3CC3)c12. The lowest BCUT2D eigenvalue weighted by molar-refractivity contribution is -0.184. The van der Waals surface area contributed by atoms with Crippen molar-refractivity contribution in [2.45, 2.75) is 192 Å². The maximum atomic E-state index is 16.8. The lowest BCUT2D eigenvalue weighted by Crippen LogP contribution is -2.62. The molecule has 4 aliphatic heterocycles. The minimum absolute atomic E-state index is 0.0432. The Hall–Kier alpha value is -10.7. The van der Waals surface area contributed by atoms with Crippen LogP contribution in [0, 0.1) is 65.9 Å². The summed E-state index contributed by atoms with van der Waals surface area (Å²) in [5.41, 5.74) is -4.74. The number of methoxy groups -OCH3 is 2. The van der Waals surface area contributed by atoms with Crippen molar-refractivity contribution in [1.82, 2.24) is 18.9 Å². The summed E-state index contributed by atoms with van der Waals surface area (Å²) in [6, 6.07) is 1.48. The predicted molar refractivity (Wildman–Crippen MR) is 412 cm³/mol. The van der Waals surface area contributed by atoms with Crippen LogP contribution in [0.2, 0.25) is 0 Å². The number of aliphatic hydroxyl groups is 2. The van der Waals surface area contributed by atoms with Crippen LogP contribution < -0.4 is 41.8 Å². The Morgan fingerprint density at radius 1 is 0.600 bits per heavy atom. The van der Waals surface area contributed by atoms with Crippen LogP contribution in [0.1, 0.15) is 179 Å². The summed E-state index contributed by atoms with van der Waals surface area (Å²) < 4.78 is 111. The van der Waals surface area contributed by atoms with Crippen molar-refractivity contribution in [1.29, 1.82) is 0 Å². The third-order valence-electron chi connectivity index (χ3n) is 27.1. The number of ketones is 2. The number of halogens is 2. The molecule has 6 aromatic rings. The van der Waals surface area contributed by atoms with Gasteiger partial charge in [-0.2, -0.15) is 0 Å². The fourth-order valence-corrected chi connectivity index (χ4v) is 21.0. The highest BCUT2D eigenvalue weighted by Gasteiger charge is 2.68. The van der Waals surface area contributed by atoms with Gasteiger partial charge < -0.3 is 94.2 Å². The third-order valence-corrected chi connectivity index (χ3v) is 27.1. The number of anilines is 2. The average Bonchev–Trinajstić information content (AvgIpc) is 1.39. The Labute approximate surface area is 683 Å². The summed E-state index contributed by atoms with van der Waals surface area (Å²) in [6.07, 6.45) is 5.76. The van der Waals surface area contributed by atoms with Gasteiger partial charge in [-0.3, -0.25) is 38.6 Å². The number of carbonyl (C=O) groups is 8. The topological polar surface area (TPSA) is 413 Å². The normalized spacial score (nSPS) is 26.7. The van der Waals surface area contributed by atoms with Crippen molar-refractivity contribution in [3.8, 4) is 11.5 Å². The molecule has 9 fully saturated rings. The van der Waals surface area contributed by atoms with Crippen LogP contribution in [0.5, 0.6) is 11.5 Å². The van der Waals surface area contributed by atoms with Crippen LogP contribution in [-0.4, -0.2) is 194 Å². The lowest BCUT2D eigenvalue weighted by atomic mass is 9.45. The first kappa shape index (κ1) is 83.0. The number of Topliss-reactive ketones (excluding diaryl/α,β-unsaturated/α-hetero) is 1. The first-order valence-corrected chi connectivity index (χ1v) is 41.0. The van der Waals surface area contributed by atoms with Gasteiger partial charge in [0.1, 0.15) is 52.8 Å². The van der Waals surface area contributed by atoms with Gasteiger partial charge in [0.15, 0.2) is 53.1 Å². The second kappa shape index (κ2) is 33.0. The Kier molecular flexibility index (Phi) is 22.8. The van der Waals surface area contributed by atoms with Gasteiger partial charge >= 0.3 is 47.8 Å². The number of hydrogen-bond acceptors (Lipinski definition) is 32. The average molecular weight is 1680 g/mol. The highest BCUT2D eigenvalue weighted by Crippen LogP contribution is 2.68. The van der Waals surface area contributed by atoms with Crippen LogP contribution in [-0.2, 0) is 70.2 Å². The van der Waals surface area contributed by atoms with E-state index in [-0.39, 0.29) is 117 Å². The fourth-order valence-electron chi connectivity index (χ4n) is 21.0. The maximum Gasteiger partial charge on any atom is 0.519 e. The number of nitrogens with zero attached hydrogens (tertiary/aromatic N) is 6. The Balaban J connectivity index is 0.561. The van der Waals surface area contributed by atoms with E-state index in [4.69, 9.17) is 65.0 Å². The molecule has 0 bridgehead atoms. The number of rotatable bonds is 27. The van der Waals surface area contributed by atoms with E-state index >= 15 is 8.78 Å². The number of piperidine rings is 2. The molecule has 6 aliphatic carbocycles. The maximum absolute atomic E-state index is 16.8. The molecule has 644 valence electrons. The van der Waals surface area contributed by atoms with Crippen LogP contribution in [0.25, 0.3) is 21.8 Å². The van der Waals surface area contributed by atoms with Gasteiger partial charge in [-0.15, -0.1) is 0 Å². The molecule has 2 N–H and O–H groups in total. The highest BCUT2D eigenvalue weighted by molar-refractivity contribution is 6.00. The third kappa shape index (κ3) is 15.6. The molecule has 8 heterocycles. The number of fused-ring (bicyclic) bond motifs is 9. The number of allylic oxidation sites excluding steroid dienone is 1. The van der Waals surface area contributed by atoms with E-state index in [0.29, 0.717) is 133 Å². The van der Waals surface area contributed by atoms with Crippen molar-refractivity contribution in [2.75, 3.05) is 96.7 Å². The van der Waals surface area contributed by atoms with E-state index in [9.17, 15) is 67.7 Å². The summed E-state index contributed by atoms with van der Waals surface area (Å²) in [6.45, 7) is 5.60. The van der Waals surface area contributed by atoms with Crippen molar-refractivity contribution < 1.29 is 122 Å². The summed E-state index contributed by atoms with van der Waals surface area (Å²) >= 11 is 0. The number of aryl methyl sites for hydroxylation is 2. The predicted octanol–water partition coefficient (Wildman–Crippen LogP) is 8.47. The molecule has 4 saturated heterocycles. The van der Waals surface area contributed by atoms with Gasteiger partial charge in [-0.05, 0) is 170 Å². The molecule has 4 aromatic heterocycles. The smallest absolute Gasteiger partial charge is 0.492 e. The molecule has 36 heteroatoms. The van der Waals surface area contributed by atoms with E-state index < -0.39 is 162 Å². The van der Waals surface area contributed by atoms with E-state index in [0.717, 1.165) is 43.4 Å². The van der Waals surface area contributed by atoms with E-state index in [2.05, 4.69) is 16.7 Å². The molecular weight excluding hydrogens is 1580 g/mol. The van der Waals surface area contributed by atoms with E-state index in [1.807, 2.05) is 9.80 Å². The number of benzene rings is 2. The van der Waals surface area contributed by atoms with E-state index in [1.165, 1.54) is 26.6 Å². The number of ether oxygens (including phenoxy) is 10. The molecule has 120 heavy (non-hydrogen) atoms. The molecule has 10 aliphatic rings. The van der Waals surface area contributed by atoms with Crippen molar-refractivity contribution in [3.05, 3.63) is 124 Å². The zero-order valence-corrected chi connectivity index (χ0v) is 67.4. The molecule has 0 radical (unpaired) electrons. The minimum atomic E-state index is -1.99. The summed E-state index contributed by atoms with van der Waals surface area (Å²) in [5, 5.41) is 23.8.